The molecule has 1 N–H and O–H groups in total. The molecule has 1 heterocycles. The van der Waals surface area contributed by atoms with Gasteiger partial charge in [-0.2, -0.15) is 4.99 Å². The number of para-hydroxylation sites is 2. The molecular formula is C18H17N3O3S. The molecule has 1 atom stereocenters. The Hall–Kier alpha value is -2.67. The summed E-state index contributed by atoms with van der Waals surface area (Å²) >= 11 is 1.36. The Bertz CT molecular complexity index is 812. The number of amidine groups is 1. The first-order chi connectivity index (χ1) is 12.2. The number of amides is 2. The van der Waals surface area contributed by atoms with Crippen molar-refractivity contribution in [1.82, 2.24) is 0 Å². The van der Waals surface area contributed by atoms with Gasteiger partial charge in [-0.1, -0.05) is 30.4 Å². The molecule has 0 saturated carbocycles. The van der Waals surface area contributed by atoms with E-state index < -0.39 is 0 Å². The average Bonchev–Trinajstić information content (AvgIpc) is 2.62. The van der Waals surface area contributed by atoms with E-state index in [-0.39, 0.29) is 23.5 Å². The highest BCUT2D eigenvalue weighted by Gasteiger charge is 2.26. The molecule has 2 aliphatic rings. The minimum absolute atomic E-state index is 0.150. The zero-order chi connectivity index (χ0) is 17.6. The van der Waals surface area contributed by atoms with Crippen molar-refractivity contribution in [2.45, 2.75) is 0 Å². The number of aliphatic imine (C=N–C) groups is 2. The third-order valence-electron chi connectivity index (χ3n) is 3.61. The van der Waals surface area contributed by atoms with Crippen molar-refractivity contribution in [2.75, 3.05) is 23.9 Å². The van der Waals surface area contributed by atoms with E-state index in [0.717, 1.165) is 0 Å². The maximum absolute atomic E-state index is 12.1. The summed E-state index contributed by atoms with van der Waals surface area (Å²) < 4.78 is 5.20. The number of benzene rings is 1. The van der Waals surface area contributed by atoms with Crippen LogP contribution in [0.5, 0.6) is 5.75 Å². The molecule has 3 rings (SSSR count). The Labute approximate surface area is 149 Å². The Morgan fingerprint density at radius 2 is 2.12 bits per heavy atom. The lowest BCUT2D eigenvalue weighted by Gasteiger charge is -2.17. The van der Waals surface area contributed by atoms with Crippen molar-refractivity contribution in [3.05, 3.63) is 48.6 Å². The number of carbonyl (C=O) groups excluding carboxylic acids is 2. The summed E-state index contributed by atoms with van der Waals surface area (Å²) in [4.78, 5) is 32.5. The van der Waals surface area contributed by atoms with Crippen LogP contribution < -0.4 is 10.1 Å². The van der Waals surface area contributed by atoms with Crippen LogP contribution in [0.2, 0.25) is 0 Å². The molecule has 7 heteroatoms. The number of nitrogens with one attached hydrogen (secondary N) is 1. The topological polar surface area (TPSA) is 80.1 Å². The number of rotatable bonds is 6. The summed E-state index contributed by atoms with van der Waals surface area (Å²) in [5, 5.41) is 2.81. The molecule has 25 heavy (non-hydrogen) atoms. The van der Waals surface area contributed by atoms with Crippen molar-refractivity contribution in [2.24, 2.45) is 15.9 Å². The van der Waals surface area contributed by atoms with Gasteiger partial charge in [0.05, 0.1) is 30.0 Å². The quantitative estimate of drug-likeness (QED) is 0.850. The fourth-order valence-corrected chi connectivity index (χ4v) is 3.12. The van der Waals surface area contributed by atoms with Crippen LogP contribution in [0.1, 0.15) is 0 Å². The Balaban J connectivity index is 1.52. The lowest BCUT2D eigenvalue weighted by atomic mass is 9.97. The van der Waals surface area contributed by atoms with Crippen LogP contribution in [-0.2, 0) is 9.59 Å². The predicted octanol–water partition coefficient (Wildman–Crippen LogP) is 2.49. The molecule has 0 spiro atoms. The van der Waals surface area contributed by atoms with Gasteiger partial charge in [0.25, 0.3) is 5.91 Å². The molecule has 1 aromatic rings. The van der Waals surface area contributed by atoms with Crippen LogP contribution in [0.4, 0.5) is 5.69 Å². The number of carbonyl (C=O) groups is 2. The number of hydrogen-bond acceptors (Lipinski definition) is 5. The molecule has 1 aliphatic carbocycles. The van der Waals surface area contributed by atoms with Crippen LogP contribution in [0.25, 0.3) is 0 Å². The molecule has 0 aromatic heterocycles. The molecule has 0 saturated heterocycles. The van der Waals surface area contributed by atoms with E-state index in [1.807, 2.05) is 30.4 Å². The maximum Gasteiger partial charge on any atom is 0.260 e. The van der Waals surface area contributed by atoms with E-state index in [2.05, 4.69) is 15.3 Å². The number of allylic oxidation sites excluding steroid dienone is 3. The second-order valence-electron chi connectivity index (χ2n) is 5.37. The third kappa shape index (κ3) is 4.24. The van der Waals surface area contributed by atoms with Gasteiger partial charge in [0.2, 0.25) is 5.91 Å². The van der Waals surface area contributed by atoms with Crippen LogP contribution in [0.15, 0.2) is 58.6 Å². The minimum Gasteiger partial charge on any atom is -0.495 e. The van der Waals surface area contributed by atoms with E-state index in [0.29, 0.717) is 28.7 Å². The van der Waals surface area contributed by atoms with E-state index in [1.54, 1.807) is 25.3 Å². The monoisotopic (exact) mass is 355 g/mol. The molecule has 1 aromatic carbocycles. The second kappa shape index (κ2) is 7.94. The highest BCUT2D eigenvalue weighted by Crippen LogP contribution is 2.23. The van der Waals surface area contributed by atoms with E-state index in [4.69, 9.17) is 4.74 Å². The number of hydrogen-bond donors (Lipinski definition) is 1. The smallest absolute Gasteiger partial charge is 0.260 e. The van der Waals surface area contributed by atoms with Gasteiger partial charge < -0.3 is 10.1 Å². The van der Waals surface area contributed by atoms with Gasteiger partial charge >= 0.3 is 0 Å². The summed E-state index contributed by atoms with van der Waals surface area (Å²) in [6, 6.07) is 7.22. The van der Waals surface area contributed by atoms with E-state index in [1.165, 1.54) is 11.8 Å². The number of nitrogens with zero attached hydrogens (tertiary/aromatic N) is 2. The molecule has 2 amide bonds. The molecule has 128 valence electrons. The van der Waals surface area contributed by atoms with Gasteiger partial charge in [-0.25, -0.2) is 4.99 Å². The largest absolute Gasteiger partial charge is 0.495 e. The zero-order valence-electron chi connectivity index (χ0n) is 13.6. The minimum atomic E-state index is -0.368. The van der Waals surface area contributed by atoms with Crippen molar-refractivity contribution in [3.8, 4) is 5.75 Å². The van der Waals surface area contributed by atoms with Crippen molar-refractivity contribution in [1.29, 1.82) is 0 Å². The van der Waals surface area contributed by atoms with Crippen LogP contribution >= 0.6 is 11.8 Å². The zero-order valence-corrected chi connectivity index (χ0v) is 14.5. The highest BCUT2D eigenvalue weighted by molar-refractivity contribution is 8.00. The first kappa shape index (κ1) is 17.2. The number of thioether (sulfide) groups is 1. The van der Waals surface area contributed by atoms with Crippen molar-refractivity contribution >= 4 is 40.8 Å². The lowest BCUT2D eigenvalue weighted by molar-refractivity contribution is -0.118. The predicted molar refractivity (Wildman–Crippen MR) is 101 cm³/mol. The molecule has 1 unspecified atom stereocenters. The van der Waals surface area contributed by atoms with Gasteiger partial charge in [0.1, 0.15) is 17.5 Å². The highest BCUT2D eigenvalue weighted by atomic mass is 32.2. The van der Waals surface area contributed by atoms with Crippen molar-refractivity contribution in [3.63, 3.8) is 0 Å². The van der Waals surface area contributed by atoms with Gasteiger partial charge in [-0.15, -0.1) is 11.8 Å². The average molecular weight is 355 g/mol. The molecule has 1 aliphatic heterocycles. The molecule has 0 radical (unpaired) electrons. The Morgan fingerprint density at radius 1 is 1.28 bits per heavy atom. The molecular weight excluding hydrogens is 338 g/mol. The third-order valence-corrected chi connectivity index (χ3v) is 4.54. The number of anilines is 1. The van der Waals surface area contributed by atoms with Gasteiger partial charge in [0, 0.05) is 0 Å². The summed E-state index contributed by atoms with van der Waals surface area (Å²) in [7, 11) is 1.55. The van der Waals surface area contributed by atoms with Gasteiger partial charge in [0.15, 0.2) is 0 Å². The van der Waals surface area contributed by atoms with Crippen molar-refractivity contribution < 1.29 is 14.3 Å². The van der Waals surface area contributed by atoms with Gasteiger partial charge in [-0.05, 0) is 18.2 Å². The summed E-state index contributed by atoms with van der Waals surface area (Å²) in [5.41, 5.74) is 1.33. The summed E-state index contributed by atoms with van der Waals surface area (Å²) in [6.07, 6.45) is 7.27. The number of fused-ring (bicyclic) bond motifs is 1. The van der Waals surface area contributed by atoms with Crippen LogP contribution in [-0.4, -0.2) is 42.0 Å². The fourth-order valence-electron chi connectivity index (χ4n) is 2.45. The molecule has 6 nitrogen and oxygen atoms in total. The van der Waals surface area contributed by atoms with Crippen LogP contribution in [0, 0.1) is 5.92 Å². The van der Waals surface area contributed by atoms with E-state index >= 15 is 0 Å². The second-order valence-corrected chi connectivity index (χ2v) is 6.35. The SMILES string of the molecule is COc1ccccc1NC(=O)CSCC1=NC(=O)C2C=CC=CC2=N1. The van der Waals surface area contributed by atoms with Crippen LogP contribution in [0.3, 0.4) is 0 Å². The normalized spacial score (nSPS) is 18.3. The molecule has 0 fully saturated rings. The fraction of sp³-hybridized carbons (Fsp3) is 0.222. The standard InChI is InChI=1S/C18H17N3O3S/c1-24-15-9-5-4-8-14(15)20-17(22)11-25-10-16-19-13-7-3-2-6-12(13)18(23)21-16/h2-9,12H,10-11H2,1H3,(H,20,22). The first-order valence-electron chi connectivity index (χ1n) is 7.73. The molecule has 0 bridgehead atoms. The Kier molecular flexibility index (Phi) is 5.45. The summed E-state index contributed by atoms with van der Waals surface area (Å²) in [5.74, 6) is 0.966. The first-order valence-corrected chi connectivity index (χ1v) is 8.88. The summed E-state index contributed by atoms with van der Waals surface area (Å²) in [6.45, 7) is 0. The van der Waals surface area contributed by atoms with E-state index in [9.17, 15) is 9.59 Å². The lowest BCUT2D eigenvalue weighted by Crippen LogP contribution is -2.27. The Morgan fingerprint density at radius 3 is 2.96 bits per heavy atom. The number of methoxy groups -OCH3 is 1. The maximum atomic E-state index is 12.1. The van der Waals surface area contributed by atoms with Gasteiger partial charge in [-0.3, -0.25) is 9.59 Å². The number of ether oxygens (including phenoxy) is 1.